The molecule has 0 spiro atoms. The molecule has 4 aromatic rings. The molecule has 2 aromatic heterocycles. The number of anilines is 1. The van der Waals surface area contributed by atoms with Gasteiger partial charge in [-0.25, -0.2) is 19.3 Å². The smallest absolute Gasteiger partial charge is 0.260 e. The second kappa shape index (κ2) is 7.48. The van der Waals surface area contributed by atoms with Gasteiger partial charge in [0.05, 0.1) is 36.1 Å². The third-order valence-electron chi connectivity index (χ3n) is 4.38. The SMILES string of the molecule is COc1ccc2c(c1)nc(Cl)n2-c1cnc(NC(=O)c2c(C)cccc2F)cn1. The van der Waals surface area contributed by atoms with Crippen LogP contribution in [0.2, 0.25) is 5.28 Å². The van der Waals surface area contributed by atoms with E-state index in [9.17, 15) is 9.18 Å². The fourth-order valence-corrected chi connectivity index (χ4v) is 3.24. The second-order valence-electron chi connectivity index (χ2n) is 6.22. The molecule has 0 aliphatic rings. The third kappa shape index (κ3) is 3.50. The molecular weight excluding hydrogens is 397 g/mol. The van der Waals surface area contributed by atoms with Crippen molar-refractivity contribution >= 4 is 34.4 Å². The molecule has 0 saturated carbocycles. The lowest BCUT2D eigenvalue weighted by molar-refractivity contribution is 0.102. The summed E-state index contributed by atoms with van der Waals surface area (Å²) >= 11 is 6.27. The molecule has 4 rings (SSSR count). The van der Waals surface area contributed by atoms with Gasteiger partial charge < -0.3 is 10.1 Å². The van der Waals surface area contributed by atoms with Gasteiger partial charge in [0.1, 0.15) is 11.6 Å². The summed E-state index contributed by atoms with van der Waals surface area (Å²) in [4.78, 5) is 25.2. The van der Waals surface area contributed by atoms with Crippen LogP contribution >= 0.6 is 11.6 Å². The van der Waals surface area contributed by atoms with Gasteiger partial charge in [-0.2, -0.15) is 0 Å². The summed E-state index contributed by atoms with van der Waals surface area (Å²) in [6.07, 6.45) is 2.82. The minimum atomic E-state index is -0.598. The monoisotopic (exact) mass is 411 g/mol. The summed E-state index contributed by atoms with van der Waals surface area (Å²) in [5.74, 6) is 0.0674. The number of rotatable bonds is 4. The average molecular weight is 412 g/mol. The van der Waals surface area contributed by atoms with Crippen LogP contribution in [0.15, 0.2) is 48.8 Å². The Morgan fingerprint density at radius 1 is 1.21 bits per heavy atom. The van der Waals surface area contributed by atoms with E-state index in [1.807, 2.05) is 6.07 Å². The molecule has 9 heteroatoms. The first-order valence-electron chi connectivity index (χ1n) is 8.59. The van der Waals surface area contributed by atoms with Gasteiger partial charge in [-0.05, 0) is 42.3 Å². The van der Waals surface area contributed by atoms with E-state index >= 15 is 0 Å². The Morgan fingerprint density at radius 2 is 2.03 bits per heavy atom. The van der Waals surface area contributed by atoms with Crippen molar-refractivity contribution in [3.63, 3.8) is 0 Å². The maximum absolute atomic E-state index is 14.0. The van der Waals surface area contributed by atoms with E-state index in [-0.39, 0.29) is 16.7 Å². The lowest BCUT2D eigenvalue weighted by atomic mass is 10.1. The number of amides is 1. The van der Waals surface area contributed by atoms with E-state index in [1.165, 1.54) is 18.5 Å². The third-order valence-corrected chi connectivity index (χ3v) is 4.63. The summed E-state index contributed by atoms with van der Waals surface area (Å²) in [5, 5.41) is 2.76. The van der Waals surface area contributed by atoms with E-state index in [0.29, 0.717) is 22.6 Å². The number of hydrogen-bond acceptors (Lipinski definition) is 5. The number of nitrogens with one attached hydrogen (secondary N) is 1. The minimum Gasteiger partial charge on any atom is -0.497 e. The zero-order valence-electron chi connectivity index (χ0n) is 15.5. The maximum atomic E-state index is 14.0. The summed E-state index contributed by atoms with van der Waals surface area (Å²) in [7, 11) is 1.57. The number of carbonyl (C=O) groups is 1. The Bertz CT molecular complexity index is 1200. The van der Waals surface area contributed by atoms with Crippen LogP contribution in [-0.2, 0) is 0 Å². The number of nitrogens with zero attached hydrogens (tertiary/aromatic N) is 4. The number of halogens is 2. The number of methoxy groups -OCH3 is 1. The minimum absolute atomic E-state index is 0.0315. The van der Waals surface area contributed by atoms with Crippen molar-refractivity contribution in [1.29, 1.82) is 0 Å². The number of carbonyl (C=O) groups excluding carboxylic acids is 1. The first-order valence-corrected chi connectivity index (χ1v) is 8.96. The number of ether oxygens (including phenoxy) is 1. The van der Waals surface area contributed by atoms with Gasteiger partial charge in [0.25, 0.3) is 5.91 Å². The van der Waals surface area contributed by atoms with Crippen molar-refractivity contribution in [3.05, 3.63) is 71.0 Å². The molecule has 7 nitrogen and oxygen atoms in total. The standard InChI is InChI=1S/C20H15ClFN5O2/c1-11-4-3-5-13(22)18(11)19(28)26-16-9-24-17(10-23-16)27-15-7-6-12(29-2)8-14(15)25-20(27)21/h3-10H,1-2H3,(H,23,26,28). The van der Waals surface area contributed by atoms with Gasteiger partial charge in [0.15, 0.2) is 11.6 Å². The van der Waals surface area contributed by atoms with Gasteiger partial charge in [-0.15, -0.1) is 0 Å². The Morgan fingerprint density at radius 3 is 2.72 bits per heavy atom. The molecule has 0 atom stereocenters. The van der Waals surface area contributed by atoms with Crippen LogP contribution in [0.3, 0.4) is 0 Å². The van der Waals surface area contributed by atoms with Crippen LogP contribution in [0.1, 0.15) is 15.9 Å². The van der Waals surface area contributed by atoms with E-state index < -0.39 is 11.7 Å². The van der Waals surface area contributed by atoms with Crippen LogP contribution in [0, 0.1) is 12.7 Å². The summed E-state index contributed by atoms with van der Waals surface area (Å²) in [6.45, 7) is 1.66. The predicted octanol–water partition coefficient (Wildman–Crippen LogP) is 4.18. The highest BCUT2D eigenvalue weighted by Crippen LogP contribution is 2.26. The molecule has 0 fully saturated rings. The topological polar surface area (TPSA) is 81.9 Å². The van der Waals surface area contributed by atoms with E-state index in [2.05, 4.69) is 20.3 Å². The Kier molecular flexibility index (Phi) is 4.85. The molecule has 0 aliphatic heterocycles. The average Bonchev–Trinajstić information content (AvgIpc) is 3.03. The highest BCUT2D eigenvalue weighted by molar-refractivity contribution is 6.29. The van der Waals surface area contributed by atoms with Crippen molar-refractivity contribution in [3.8, 4) is 11.6 Å². The van der Waals surface area contributed by atoms with Gasteiger partial charge in [-0.1, -0.05) is 12.1 Å². The van der Waals surface area contributed by atoms with Crippen molar-refractivity contribution in [1.82, 2.24) is 19.5 Å². The van der Waals surface area contributed by atoms with Crippen LogP contribution in [0.25, 0.3) is 16.9 Å². The van der Waals surface area contributed by atoms with Crippen LogP contribution in [0.5, 0.6) is 5.75 Å². The second-order valence-corrected chi connectivity index (χ2v) is 6.55. The number of fused-ring (bicyclic) bond motifs is 1. The highest BCUT2D eigenvalue weighted by Gasteiger charge is 2.16. The van der Waals surface area contributed by atoms with Crippen molar-refractivity contribution < 1.29 is 13.9 Å². The fraction of sp³-hybridized carbons (Fsp3) is 0.100. The fourth-order valence-electron chi connectivity index (χ4n) is 2.98. The Labute approximate surface area is 170 Å². The lowest BCUT2D eigenvalue weighted by Gasteiger charge is -2.09. The number of benzene rings is 2. The molecule has 2 aromatic carbocycles. The molecule has 146 valence electrons. The molecule has 0 aliphatic carbocycles. The highest BCUT2D eigenvalue weighted by atomic mass is 35.5. The van der Waals surface area contributed by atoms with Gasteiger partial charge >= 0.3 is 0 Å². The number of imidazole rings is 1. The van der Waals surface area contributed by atoms with Gasteiger partial charge in [0.2, 0.25) is 5.28 Å². The Hall–Kier alpha value is -3.52. The zero-order chi connectivity index (χ0) is 20.5. The molecule has 0 bridgehead atoms. The molecule has 0 unspecified atom stereocenters. The number of aryl methyl sites for hydroxylation is 1. The lowest BCUT2D eigenvalue weighted by Crippen LogP contribution is -2.16. The van der Waals surface area contributed by atoms with E-state index in [4.69, 9.17) is 16.3 Å². The van der Waals surface area contributed by atoms with Crippen LogP contribution < -0.4 is 10.1 Å². The van der Waals surface area contributed by atoms with Crippen molar-refractivity contribution in [2.24, 2.45) is 0 Å². The largest absolute Gasteiger partial charge is 0.497 e. The molecule has 0 saturated heterocycles. The Balaban J connectivity index is 1.63. The van der Waals surface area contributed by atoms with Crippen molar-refractivity contribution in [2.75, 3.05) is 12.4 Å². The molecule has 1 amide bonds. The molecular formula is C20H15ClFN5O2. The maximum Gasteiger partial charge on any atom is 0.260 e. The summed E-state index contributed by atoms with van der Waals surface area (Å²) < 4.78 is 20.8. The van der Waals surface area contributed by atoms with Crippen LogP contribution in [-0.4, -0.2) is 32.5 Å². The first-order chi connectivity index (χ1) is 14.0. The predicted molar refractivity (Wildman–Crippen MR) is 107 cm³/mol. The van der Waals surface area contributed by atoms with Crippen LogP contribution in [0.4, 0.5) is 10.2 Å². The molecule has 1 N–H and O–H groups in total. The first kappa shape index (κ1) is 18.8. The van der Waals surface area contributed by atoms with Crippen molar-refractivity contribution in [2.45, 2.75) is 6.92 Å². The van der Waals surface area contributed by atoms with E-state index in [0.717, 1.165) is 5.52 Å². The summed E-state index contributed by atoms with van der Waals surface area (Å²) in [5.41, 5.74) is 1.86. The number of hydrogen-bond donors (Lipinski definition) is 1. The zero-order valence-corrected chi connectivity index (χ0v) is 16.2. The molecule has 2 heterocycles. The molecule has 0 radical (unpaired) electrons. The van der Waals surface area contributed by atoms with Gasteiger partial charge in [0, 0.05) is 6.07 Å². The van der Waals surface area contributed by atoms with Gasteiger partial charge in [-0.3, -0.25) is 9.36 Å². The number of aromatic nitrogens is 4. The van der Waals surface area contributed by atoms with E-state index in [1.54, 1.807) is 42.9 Å². The normalized spacial score (nSPS) is 10.9. The quantitative estimate of drug-likeness (QED) is 0.544. The summed E-state index contributed by atoms with van der Waals surface area (Å²) in [6, 6.07) is 9.80. The molecule has 29 heavy (non-hydrogen) atoms.